The van der Waals surface area contributed by atoms with Crippen molar-refractivity contribution in [3.8, 4) is 5.75 Å². The van der Waals surface area contributed by atoms with Crippen molar-refractivity contribution in [2.45, 2.75) is 27.2 Å². The molecule has 0 aromatic heterocycles. The molecule has 0 saturated heterocycles. The van der Waals surface area contributed by atoms with Crippen LogP contribution in [0.5, 0.6) is 5.75 Å². The van der Waals surface area contributed by atoms with Crippen molar-refractivity contribution in [1.29, 1.82) is 0 Å². The van der Waals surface area contributed by atoms with Gasteiger partial charge in [0.2, 0.25) is 5.91 Å². The third-order valence-electron chi connectivity index (χ3n) is 3.08. The summed E-state index contributed by atoms with van der Waals surface area (Å²) in [7, 11) is 1.58. The highest BCUT2D eigenvalue weighted by molar-refractivity contribution is 5.93. The van der Waals surface area contributed by atoms with Gasteiger partial charge in [-0.25, -0.2) is 0 Å². The molecule has 0 heterocycles. The monoisotopic (exact) mass is 308 g/mol. The Balaban J connectivity index is 2.65. The number of anilines is 1. The van der Waals surface area contributed by atoms with Gasteiger partial charge in [-0.05, 0) is 24.0 Å². The maximum atomic E-state index is 12.3. The van der Waals surface area contributed by atoms with Crippen molar-refractivity contribution in [1.82, 2.24) is 4.90 Å². The maximum absolute atomic E-state index is 12.3. The summed E-state index contributed by atoms with van der Waals surface area (Å²) in [5, 5.41) is 11.9. The van der Waals surface area contributed by atoms with Crippen molar-refractivity contribution in [2.75, 3.05) is 38.7 Å². The van der Waals surface area contributed by atoms with E-state index in [1.807, 2.05) is 24.3 Å². The Labute approximate surface area is 133 Å². The highest BCUT2D eigenvalue weighted by Gasteiger charge is 2.19. The van der Waals surface area contributed by atoms with Crippen LogP contribution in [0.3, 0.4) is 0 Å². The number of hydrogen-bond acceptors (Lipinski definition) is 4. The summed E-state index contributed by atoms with van der Waals surface area (Å²) in [6, 6.07) is 7.35. The molecule has 5 heteroatoms. The molecule has 0 bridgehead atoms. The number of nitrogens with zero attached hydrogens (tertiary/aromatic N) is 1. The molecule has 1 aromatic carbocycles. The van der Waals surface area contributed by atoms with Crippen LogP contribution in [0, 0.1) is 5.41 Å². The third kappa shape index (κ3) is 6.91. The van der Waals surface area contributed by atoms with E-state index in [-0.39, 0.29) is 17.9 Å². The Bertz CT molecular complexity index is 469. The average molecular weight is 308 g/mol. The molecule has 22 heavy (non-hydrogen) atoms. The number of nitrogens with one attached hydrogen (secondary N) is 1. The van der Waals surface area contributed by atoms with Crippen molar-refractivity contribution in [3.05, 3.63) is 24.3 Å². The number of methoxy groups -OCH3 is 1. The Kier molecular flexibility index (Phi) is 7.35. The lowest BCUT2D eigenvalue weighted by atomic mass is 9.96. The molecule has 0 aliphatic heterocycles. The summed E-state index contributed by atoms with van der Waals surface area (Å²) < 4.78 is 5.24. The molecule has 5 nitrogen and oxygen atoms in total. The molecule has 124 valence electrons. The average Bonchev–Trinajstić information content (AvgIpc) is 2.43. The number of rotatable bonds is 8. The topological polar surface area (TPSA) is 61.8 Å². The smallest absolute Gasteiger partial charge is 0.238 e. The van der Waals surface area contributed by atoms with Crippen molar-refractivity contribution >= 4 is 11.6 Å². The van der Waals surface area contributed by atoms with E-state index in [2.05, 4.69) is 31.0 Å². The zero-order valence-electron chi connectivity index (χ0n) is 14.1. The zero-order chi connectivity index (χ0) is 16.6. The van der Waals surface area contributed by atoms with Crippen LogP contribution in [0.1, 0.15) is 27.2 Å². The first kappa shape index (κ1) is 18.5. The number of carbonyl (C=O) groups is 1. The zero-order valence-corrected chi connectivity index (χ0v) is 14.1. The molecule has 1 amide bonds. The molecule has 0 saturated carbocycles. The summed E-state index contributed by atoms with van der Waals surface area (Å²) in [6.45, 7) is 8.34. The molecule has 1 aromatic rings. The number of para-hydroxylation sites is 2. The lowest BCUT2D eigenvalue weighted by molar-refractivity contribution is -0.117. The lowest BCUT2D eigenvalue weighted by Crippen LogP contribution is -2.39. The highest BCUT2D eigenvalue weighted by atomic mass is 16.5. The fraction of sp³-hybridized carbons (Fsp3) is 0.588. The predicted octanol–water partition coefficient (Wildman–Crippen LogP) is 2.36. The van der Waals surface area contributed by atoms with Gasteiger partial charge in [-0.2, -0.15) is 0 Å². The van der Waals surface area contributed by atoms with Gasteiger partial charge in [-0.1, -0.05) is 32.9 Å². The minimum atomic E-state index is -0.0771. The van der Waals surface area contributed by atoms with Crippen molar-refractivity contribution < 1.29 is 14.6 Å². The largest absolute Gasteiger partial charge is 0.495 e. The van der Waals surface area contributed by atoms with E-state index in [4.69, 9.17) is 9.84 Å². The van der Waals surface area contributed by atoms with Crippen LogP contribution < -0.4 is 10.1 Å². The first-order valence-electron chi connectivity index (χ1n) is 7.62. The quantitative estimate of drug-likeness (QED) is 0.774. The minimum absolute atomic E-state index is 0.0771. The SMILES string of the molecule is COc1ccccc1NC(=O)CN(CCCO)CC(C)(C)C. The Morgan fingerprint density at radius 1 is 1.32 bits per heavy atom. The van der Waals surface area contributed by atoms with Gasteiger partial charge in [0.1, 0.15) is 5.75 Å². The number of aliphatic hydroxyl groups excluding tert-OH is 1. The molecule has 0 unspecified atom stereocenters. The summed E-state index contributed by atoms with van der Waals surface area (Å²) in [5.41, 5.74) is 0.771. The summed E-state index contributed by atoms with van der Waals surface area (Å²) in [5.74, 6) is 0.570. The standard InChI is InChI=1S/C17H28N2O3/c1-17(2,3)13-19(10-7-11-20)12-16(21)18-14-8-5-6-9-15(14)22-4/h5-6,8-9,20H,7,10-13H2,1-4H3,(H,18,21). The number of hydrogen-bond donors (Lipinski definition) is 2. The van der Waals surface area contributed by atoms with E-state index < -0.39 is 0 Å². The fourth-order valence-electron chi connectivity index (χ4n) is 2.32. The van der Waals surface area contributed by atoms with E-state index >= 15 is 0 Å². The molecule has 0 aliphatic rings. The molecule has 0 aliphatic carbocycles. The molecular weight excluding hydrogens is 280 g/mol. The van der Waals surface area contributed by atoms with E-state index in [9.17, 15) is 4.79 Å². The Morgan fingerprint density at radius 3 is 2.59 bits per heavy atom. The number of amides is 1. The van der Waals surface area contributed by atoms with Crippen molar-refractivity contribution in [3.63, 3.8) is 0 Å². The molecular formula is C17H28N2O3. The molecule has 0 fully saturated rings. The summed E-state index contributed by atoms with van der Waals surface area (Å²) >= 11 is 0. The first-order chi connectivity index (χ1) is 10.4. The van der Waals surface area contributed by atoms with Gasteiger partial charge in [-0.3, -0.25) is 9.69 Å². The van der Waals surface area contributed by atoms with Gasteiger partial charge in [0.05, 0.1) is 19.3 Å². The van der Waals surface area contributed by atoms with Gasteiger partial charge in [0, 0.05) is 19.7 Å². The van der Waals surface area contributed by atoms with Gasteiger partial charge >= 0.3 is 0 Å². The van der Waals surface area contributed by atoms with E-state index in [0.717, 1.165) is 6.54 Å². The summed E-state index contributed by atoms with van der Waals surface area (Å²) in [6.07, 6.45) is 0.665. The highest BCUT2D eigenvalue weighted by Crippen LogP contribution is 2.23. The number of aliphatic hydroxyl groups is 1. The van der Waals surface area contributed by atoms with Crippen LogP contribution in [-0.4, -0.2) is 49.3 Å². The van der Waals surface area contributed by atoms with Crippen LogP contribution in [0.15, 0.2) is 24.3 Å². The van der Waals surface area contributed by atoms with Gasteiger partial charge in [-0.15, -0.1) is 0 Å². The second-order valence-electron chi connectivity index (χ2n) is 6.60. The molecule has 1 rings (SSSR count). The van der Waals surface area contributed by atoms with Gasteiger partial charge in [0.15, 0.2) is 0 Å². The minimum Gasteiger partial charge on any atom is -0.495 e. The normalized spacial score (nSPS) is 11.5. The van der Waals surface area contributed by atoms with Crippen LogP contribution in [0.4, 0.5) is 5.69 Å². The van der Waals surface area contributed by atoms with Crippen LogP contribution in [0.2, 0.25) is 0 Å². The Morgan fingerprint density at radius 2 is 2.00 bits per heavy atom. The second kappa shape index (κ2) is 8.76. The van der Waals surface area contributed by atoms with E-state index in [1.165, 1.54) is 0 Å². The molecule has 0 atom stereocenters. The first-order valence-corrected chi connectivity index (χ1v) is 7.62. The Hall–Kier alpha value is -1.59. The lowest BCUT2D eigenvalue weighted by Gasteiger charge is -2.29. The molecule has 0 radical (unpaired) electrons. The van der Waals surface area contributed by atoms with Gasteiger partial charge in [0.25, 0.3) is 0 Å². The molecule has 0 spiro atoms. The van der Waals surface area contributed by atoms with Crippen molar-refractivity contribution in [2.24, 2.45) is 5.41 Å². The third-order valence-corrected chi connectivity index (χ3v) is 3.08. The van der Waals surface area contributed by atoms with E-state index in [1.54, 1.807) is 7.11 Å². The van der Waals surface area contributed by atoms with Crippen LogP contribution in [0.25, 0.3) is 0 Å². The number of ether oxygens (including phenoxy) is 1. The number of carbonyl (C=O) groups excluding carboxylic acids is 1. The fourth-order valence-corrected chi connectivity index (χ4v) is 2.32. The van der Waals surface area contributed by atoms with Crippen LogP contribution in [-0.2, 0) is 4.79 Å². The van der Waals surface area contributed by atoms with E-state index in [0.29, 0.717) is 30.9 Å². The van der Waals surface area contributed by atoms with Crippen LogP contribution >= 0.6 is 0 Å². The summed E-state index contributed by atoms with van der Waals surface area (Å²) in [4.78, 5) is 14.3. The second-order valence-corrected chi connectivity index (χ2v) is 6.60. The number of benzene rings is 1. The van der Waals surface area contributed by atoms with Gasteiger partial charge < -0.3 is 15.2 Å². The maximum Gasteiger partial charge on any atom is 0.238 e. The molecule has 2 N–H and O–H groups in total. The predicted molar refractivity (Wildman–Crippen MR) is 89.2 cm³/mol.